The number of carbonyl (C=O) groups is 2. The number of fused-ring (bicyclic) bond motifs is 1. The number of thiophene rings is 1. The average molecular weight is 415 g/mol. The molecular weight excluding hydrogens is 396 g/mol. The highest BCUT2D eigenvalue weighted by Gasteiger charge is 2.27. The highest BCUT2D eigenvalue weighted by atomic mass is 32.2. The molecule has 0 bridgehead atoms. The molecule has 0 aliphatic heterocycles. The number of thioether (sulfide) groups is 2. The first-order chi connectivity index (χ1) is 12.0. The van der Waals surface area contributed by atoms with Gasteiger partial charge in [-0.05, 0) is 37.5 Å². The second-order valence-corrected chi connectivity index (χ2v) is 10.6. The third kappa shape index (κ3) is 4.18. The molecule has 0 fully saturated rings. The molecule has 2 aromatic heterocycles. The molecule has 0 saturated carbocycles. The van der Waals surface area contributed by atoms with E-state index in [2.05, 4.69) is 22.4 Å². The van der Waals surface area contributed by atoms with Crippen LogP contribution in [0.25, 0.3) is 0 Å². The highest BCUT2D eigenvalue weighted by Crippen LogP contribution is 2.39. The molecule has 2 amide bonds. The number of aryl methyl sites for hydroxylation is 1. The molecule has 0 radical (unpaired) electrons. The minimum absolute atomic E-state index is 0.160. The maximum atomic E-state index is 12.5. The molecule has 3 rings (SSSR count). The number of aromatic nitrogens is 2. The van der Waals surface area contributed by atoms with Gasteiger partial charge in [-0.3, -0.25) is 9.59 Å². The molecule has 6 nitrogen and oxygen atoms in total. The Kier molecular flexibility index (Phi) is 6.03. The van der Waals surface area contributed by atoms with Crippen molar-refractivity contribution in [1.29, 1.82) is 0 Å². The SMILES string of the molecule is CCSc1nnc(S[C@@H](C)C(=O)Nc2sc3c(c2C(N)=O)CCC3)s1. The molecule has 0 spiro atoms. The lowest BCUT2D eigenvalue weighted by Gasteiger charge is -2.10. The normalized spacial score (nSPS) is 14.3. The van der Waals surface area contributed by atoms with Gasteiger partial charge in [0.15, 0.2) is 8.68 Å². The van der Waals surface area contributed by atoms with Gasteiger partial charge in [0.1, 0.15) is 5.00 Å². The van der Waals surface area contributed by atoms with Crippen LogP contribution in [0.5, 0.6) is 0 Å². The number of carbonyl (C=O) groups excluding carboxylic acids is 2. The average Bonchev–Trinajstić information content (AvgIpc) is 3.23. The van der Waals surface area contributed by atoms with Crippen molar-refractivity contribution in [3.63, 3.8) is 0 Å². The highest BCUT2D eigenvalue weighted by molar-refractivity contribution is 8.03. The number of hydrogen-bond donors (Lipinski definition) is 2. The topological polar surface area (TPSA) is 98.0 Å². The fraction of sp³-hybridized carbons (Fsp3) is 0.467. The Bertz CT molecular complexity index is 802. The Morgan fingerprint density at radius 3 is 2.76 bits per heavy atom. The number of amides is 2. The minimum Gasteiger partial charge on any atom is -0.365 e. The summed E-state index contributed by atoms with van der Waals surface area (Å²) in [7, 11) is 0. The van der Waals surface area contributed by atoms with Crippen LogP contribution in [0.3, 0.4) is 0 Å². The molecule has 1 aliphatic rings. The second kappa shape index (κ2) is 8.07. The van der Waals surface area contributed by atoms with Gasteiger partial charge in [0.2, 0.25) is 5.91 Å². The van der Waals surface area contributed by atoms with Crippen molar-refractivity contribution in [3.05, 3.63) is 16.0 Å². The van der Waals surface area contributed by atoms with E-state index in [0.29, 0.717) is 10.6 Å². The van der Waals surface area contributed by atoms with Crippen LogP contribution in [-0.2, 0) is 17.6 Å². The summed E-state index contributed by atoms with van der Waals surface area (Å²) in [4.78, 5) is 25.5. The van der Waals surface area contributed by atoms with Crippen LogP contribution in [0.15, 0.2) is 8.68 Å². The lowest BCUT2D eigenvalue weighted by molar-refractivity contribution is -0.115. The van der Waals surface area contributed by atoms with E-state index in [4.69, 9.17) is 5.73 Å². The maximum Gasteiger partial charge on any atom is 0.251 e. The van der Waals surface area contributed by atoms with Gasteiger partial charge in [-0.15, -0.1) is 21.5 Å². The maximum absolute atomic E-state index is 12.5. The van der Waals surface area contributed by atoms with Crippen molar-refractivity contribution in [2.24, 2.45) is 5.73 Å². The van der Waals surface area contributed by atoms with E-state index in [1.54, 1.807) is 11.8 Å². The van der Waals surface area contributed by atoms with Crippen LogP contribution in [0.2, 0.25) is 0 Å². The number of anilines is 1. The first kappa shape index (κ1) is 18.7. The van der Waals surface area contributed by atoms with Crippen molar-refractivity contribution in [2.75, 3.05) is 11.1 Å². The van der Waals surface area contributed by atoms with Gasteiger partial charge in [0, 0.05) is 4.88 Å². The molecule has 1 aliphatic carbocycles. The van der Waals surface area contributed by atoms with Gasteiger partial charge >= 0.3 is 0 Å². The molecule has 2 heterocycles. The quantitative estimate of drug-likeness (QED) is 0.674. The van der Waals surface area contributed by atoms with Gasteiger partial charge in [-0.25, -0.2) is 0 Å². The fourth-order valence-electron chi connectivity index (χ4n) is 2.60. The predicted molar refractivity (Wildman–Crippen MR) is 105 cm³/mol. The van der Waals surface area contributed by atoms with Crippen molar-refractivity contribution in [2.45, 2.75) is 47.0 Å². The zero-order valence-corrected chi connectivity index (χ0v) is 17.1. The van der Waals surface area contributed by atoms with Gasteiger partial charge in [-0.2, -0.15) is 0 Å². The van der Waals surface area contributed by atoms with Crippen LogP contribution >= 0.6 is 46.2 Å². The van der Waals surface area contributed by atoms with E-state index < -0.39 is 5.91 Å². The Balaban J connectivity index is 1.68. The van der Waals surface area contributed by atoms with Gasteiger partial charge in [-0.1, -0.05) is 41.8 Å². The van der Waals surface area contributed by atoms with Crippen molar-refractivity contribution in [1.82, 2.24) is 10.2 Å². The Morgan fingerprint density at radius 2 is 2.04 bits per heavy atom. The molecule has 0 unspecified atom stereocenters. The third-order valence-corrected chi connectivity index (χ3v) is 8.04. The molecule has 134 valence electrons. The summed E-state index contributed by atoms with van der Waals surface area (Å²) in [5.41, 5.74) is 7.03. The summed E-state index contributed by atoms with van der Waals surface area (Å²) in [5.74, 6) is 0.307. The minimum atomic E-state index is -0.472. The lowest BCUT2D eigenvalue weighted by atomic mass is 10.1. The second-order valence-electron chi connectivity index (χ2n) is 5.44. The van der Waals surface area contributed by atoms with E-state index >= 15 is 0 Å². The van der Waals surface area contributed by atoms with Crippen LogP contribution in [-0.4, -0.2) is 33.0 Å². The molecule has 3 N–H and O–H groups in total. The zero-order valence-electron chi connectivity index (χ0n) is 13.8. The molecular formula is C15H18N4O2S4. The molecule has 2 aromatic rings. The van der Waals surface area contributed by atoms with E-state index in [9.17, 15) is 9.59 Å². The fourth-order valence-corrected chi connectivity index (χ4v) is 6.96. The van der Waals surface area contributed by atoms with Gasteiger partial charge < -0.3 is 11.1 Å². The van der Waals surface area contributed by atoms with Crippen molar-refractivity contribution < 1.29 is 9.59 Å². The molecule has 10 heteroatoms. The molecule has 0 saturated heterocycles. The van der Waals surface area contributed by atoms with E-state index in [-0.39, 0.29) is 11.2 Å². The number of primary amides is 1. The summed E-state index contributed by atoms with van der Waals surface area (Å²) >= 11 is 5.96. The van der Waals surface area contributed by atoms with E-state index in [0.717, 1.165) is 44.1 Å². The smallest absolute Gasteiger partial charge is 0.251 e. The summed E-state index contributed by atoms with van der Waals surface area (Å²) in [5, 5.41) is 11.3. The Morgan fingerprint density at radius 1 is 1.28 bits per heavy atom. The third-order valence-electron chi connectivity index (χ3n) is 3.71. The van der Waals surface area contributed by atoms with Gasteiger partial charge in [0.25, 0.3) is 5.91 Å². The van der Waals surface area contributed by atoms with E-state index in [1.807, 2.05) is 6.92 Å². The Hall–Kier alpha value is -1.10. The zero-order chi connectivity index (χ0) is 18.0. The number of rotatable bonds is 7. The van der Waals surface area contributed by atoms with Crippen molar-refractivity contribution in [3.8, 4) is 0 Å². The largest absolute Gasteiger partial charge is 0.365 e. The predicted octanol–water partition coefficient (Wildman–Crippen LogP) is 3.42. The van der Waals surface area contributed by atoms with Crippen LogP contribution in [0.4, 0.5) is 5.00 Å². The summed E-state index contributed by atoms with van der Waals surface area (Å²) < 4.78 is 1.67. The van der Waals surface area contributed by atoms with Crippen LogP contribution in [0, 0.1) is 0 Å². The lowest BCUT2D eigenvalue weighted by Crippen LogP contribution is -2.24. The van der Waals surface area contributed by atoms with Crippen LogP contribution < -0.4 is 11.1 Å². The first-order valence-corrected chi connectivity index (χ1v) is 11.4. The monoisotopic (exact) mass is 414 g/mol. The number of hydrogen-bond acceptors (Lipinski definition) is 8. The summed E-state index contributed by atoms with van der Waals surface area (Å²) in [6.45, 7) is 3.88. The van der Waals surface area contributed by atoms with E-state index in [1.165, 1.54) is 34.4 Å². The first-order valence-electron chi connectivity index (χ1n) is 7.87. The molecule has 1 atom stereocenters. The number of nitrogens with zero attached hydrogens (tertiary/aromatic N) is 2. The van der Waals surface area contributed by atoms with Crippen molar-refractivity contribution >= 4 is 63.0 Å². The molecule has 0 aromatic carbocycles. The summed E-state index contributed by atoms with van der Waals surface area (Å²) in [6.07, 6.45) is 2.84. The number of nitrogens with two attached hydrogens (primary N) is 1. The van der Waals surface area contributed by atoms with Gasteiger partial charge in [0.05, 0.1) is 10.8 Å². The van der Waals surface area contributed by atoms with Crippen LogP contribution in [0.1, 0.15) is 41.1 Å². The number of nitrogens with one attached hydrogen (secondary N) is 1. The summed E-state index contributed by atoms with van der Waals surface area (Å²) in [6, 6.07) is 0. The standard InChI is InChI=1S/C15H18N4O2S4/c1-3-22-14-18-19-15(25-14)23-7(2)12(21)17-13-10(11(16)20)8-5-4-6-9(8)24-13/h7H,3-6H2,1-2H3,(H2,16,20)(H,17,21)/t7-/m0/s1. The Labute approximate surface area is 162 Å². The molecule has 25 heavy (non-hydrogen) atoms.